The summed E-state index contributed by atoms with van der Waals surface area (Å²) in [6.07, 6.45) is 0. The lowest BCUT2D eigenvalue weighted by molar-refractivity contribution is -0.385. The Kier molecular flexibility index (Phi) is 5.64. The molecule has 1 aromatic heterocycles. The first-order valence-corrected chi connectivity index (χ1v) is 10.8. The Morgan fingerprint density at radius 3 is 2.69 bits per heavy atom. The van der Waals surface area contributed by atoms with Crippen molar-refractivity contribution in [1.82, 2.24) is 9.29 Å². The third-order valence-electron chi connectivity index (χ3n) is 4.48. The zero-order valence-corrected chi connectivity index (χ0v) is 17.5. The molecule has 0 bridgehead atoms. The fraction of sp³-hybridized carbons (Fsp3) is 0.222. The maximum atomic E-state index is 12.6. The van der Waals surface area contributed by atoms with Crippen LogP contribution in [-0.2, 0) is 10.0 Å². The van der Waals surface area contributed by atoms with Crippen LogP contribution in [0.1, 0.15) is 22.8 Å². The van der Waals surface area contributed by atoms with Crippen molar-refractivity contribution in [3.63, 3.8) is 0 Å². The number of nitrogens with one attached hydrogen (secondary N) is 1. The number of rotatable bonds is 6. The largest absolute Gasteiger partial charge is 0.298 e. The molecule has 3 rings (SSSR count). The van der Waals surface area contributed by atoms with Crippen LogP contribution >= 0.6 is 11.3 Å². The number of nitrogens with zero attached hydrogens (tertiary/aromatic N) is 3. The number of sulfonamides is 1. The van der Waals surface area contributed by atoms with E-state index < -0.39 is 20.9 Å². The Morgan fingerprint density at radius 1 is 1.31 bits per heavy atom. The van der Waals surface area contributed by atoms with E-state index in [1.54, 1.807) is 13.0 Å². The van der Waals surface area contributed by atoms with Crippen molar-refractivity contribution >= 4 is 48.3 Å². The highest BCUT2D eigenvalue weighted by molar-refractivity contribution is 7.89. The Morgan fingerprint density at radius 2 is 2.03 bits per heavy atom. The molecule has 3 aromatic rings. The number of hydrogen-bond donors (Lipinski definition) is 1. The van der Waals surface area contributed by atoms with Gasteiger partial charge in [0.2, 0.25) is 10.0 Å². The molecule has 0 radical (unpaired) electrons. The number of nitro groups is 1. The predicted octanol–water partition coefficient (Wildman–Crippen LogP) is 3.41. The Balaban J connectivity index is 1.91. The molecule has 1 heterocycles. The summed E-state index contributed by atoms with van der Waals surface area (Å²) in [5, 5.41) is 14.0. The summed E-state index contributed by atoms with van der Waals surface area (Å²) in [7, 11) is -2.10. The molecule has 29 heavy (non-hydrogen) atoms. The zero-order chi connectivity index (χ0) is 21.3. The van der Waals surface area contributed by atoms with Crippen LogP contribution in [0.3, 0.4) is 0 Å². The molecular formula is C18H18N4O5S2. The van der Waals surface area contributed by atoms with Crippen LogP contribution in [0.2, 0.25) is 0 Å². The molecule has 11 heteroatoms. The van der Waals surface area contributed by atoms with Gasteiger partial charge >= 0.3 is 0 Å². The van der Waals surface area contributed by atoms with Gasteiger partial charge in [-0.3, -0.25) is 20.2 Å². The van der Waals surface area contributed by atoms with Crippen LogP contribution < -0.4 is 5.32 Å². The summed E-state index contributed by atoms with van der Waals surface area (Å²) in [6.45, 7) is 3.59. The summed E-state index contributed by atoms with van der Waals surface area (Å²) in [5.41, 5.74) is 0.828. The predicted molar refractivity (Wildman–Crippen MR) is 111 cm³/mol. The fourth-order valence-corrected chi connectivity index (χ4v) is 4.88. The van der Waals surface area contributed by atoms with Crippen molar-refractivity contribution < 1.29 is 18.1 Å². The van der Waals surface area contributed by atoms with Gasteiger partial charge in [0.05, 0.1) is 20.0 Å². The highest BCUT2D eigenvalue weighted by Gasteiger charge is 2.21. The number of nitro benzene ring substituents is 1. The molecule has 0 saturated heterocycles. The molecule has 9 nitrogen and oxygen atoms in total. The molecule has 1 N–H and O–H groups in total. The SMILES string of the molecule is CCN(C)S(=O)(=O)c1ccc2nc(NC(=O)c3cccc([N+](=O)[O-])c3C)sc2c1. The maximum Gasteiger partial charge on any atom is 0.273 e. The van der Waals surface area contributed by atoms with Gasteiger partial charge in [0.1, 0.15) is 0 Å². The van der Waals surface area contributed by atoms with Crippen LogP contribution in [0.25, 0.3) is 10.2 Å². The van der Waals surface area contributed by atoms with Gasteiger partial charge in [-0.25, -0.2) is 17.7 Å². The number of carbonyl (C=O) groups is 1. The number of carbonyl (C=O) groups excluding carboxylic acids is 1. The Labute approximate surface area is 171 Å². The van der Waals surface area contributed by atoms with Gasteiger partial charge in [-0.05, 0) is 31.2 Å². The fourth-order valence-electron chi connectivity index (χ4n) is 2.70. The minimum atomic E-state index is -3.59. The van der Waals surface area contributed by atoms with E-state index in [1.165, 1.54) is 48.6 Å². The first kappa shape index (κ1) is 20.8. The number of thiazole rings is 1. The zero-order valence-electron chi connectivity index (χ0n) is 15.9. The highest BCUT2D eigenvalue weighted by atomic mass is 32.2. The molecule has 0 aliphatic rings. The monoisotopic (exact) mass is 434 g/mol. The second-order valence-corrected chi connectivity index (χ2v) is 9.30. The summed E-state index contributed by atoms with van der Waals surface area (Å²) in [4.78, 5) is 27.5. The van der Waals surface area contributed by atoms with Gasteiger partial charge in [0.25, 0.3) is 11.6 Å². The number of fused-ring (bicyclic) bond motifs is 1. The highest BCUT2D eigenvalue weighted by Crippen LogP contribution is 2.30. The number of benzene rings is 2. The summed E-state index contributed by atoms with van der Waals surface area (Å²) >= 11 is 1.13. The van der Waals surface area contributed by atoms with Crippen LogP contribution in [0.4, 0.5) is 10.8 Å². The third kappa shape index (κ3) is 3.97. The quantitative estimate of drug-likeness (QED) is 0.468. The lowest BCUT2D eigenvalue weighted by atomic mass is 10.1. The van der Waals surface area contributed by atoms with E-state index in [2.05, 4.69) is 10.3 Å². The van der Waals surface area contributed by atoms with E-state index in [-0.39, 0.29) is 26.8 Å². The van der Waals surface area contributed by atoms with Gasteiger partial charge in [0.15, 0.2) is 5.13 Å². The molecule has 0 atom stereocenters. The summed E-state index contributed by atoms with van der Waals surface area (Å²) in [5.74, 6) is -0.524. The van der Waals surface area contributed by atoms with E-state index in [9.17, 15) is 23.3 Å². The Hall–Kier alpha value is -2.89. The van der Waals surface area contributed by atoms with Crippen LogP contribution in [0.15, 0.2) is 41.3 Å². The Bertz CT molecular complexity index is 1220. The van der Waals surface area contributed by atoms with Crippen molar-refractivity contribution in [3.05, 3.63) is 57.6 Å². The molecular weight excluding hydrogens is 416 g/mol. The van der Waals surface area contributed by atoms with Gasteiger partial charge in [-0.15, -0.1) is 0 Å². The number of hydrogen-bond acceptors (Lipinski definition) is 7. The molecule has 0 spiro atoms. The molecule has 0 aliphatic heterocycles. The van der Waals surface area contributed by atoms with Gasteiger partial charge in [0, 0.05) is 30.8 Å². The third-order valence-corrected chi connectivity index (χ3v) is 7.34. The van der Waals surface area contributed by atoms with Crippen LogP contribution in [-0.4, -0.2) is 42.1 Å². The maximum absolute atomic E-state index is 12.6. The first-order chi connectivity index (χ1) is 13.6. The average Bonchev–Trinajstić information content (AvgIpc) is 3.08. The summed E-state index contributed by atoms with van der Waals surface area (Å²) < 4.78 is 26.8. The average molecular weight is 434 g/mol. The van der Waals surface area contributed by atoms with Crippen molar-refractivity contribution in [1.29, 1.82) is 0 Å². The minimum Gasteiger partial charge on any atom is -0.298 e. The van der Waals surface area contributed by atoms with Crippen molar-refractivity contribution in [2.24, 2.45) is 0 Å². The lowest BCUT2D eigenvalue weighted by Gasteiger charge is -2.14. The smallest absolute Gasteiger partial charge is 0.273 e. The van der Waals surface area contributed by atoms with Crippen LogP contribution in [0.5, 0.6) is 0 Å². The topological polar surface area (TPSA) is 123 Å². The second kappa shape index (κ2) is 7.85. The minimum absolute atomic E-state index is 0.142. The normalized spacial score (nSPS) is 11.7. The molecule has 1 amide bonds. The standard InChI is InChI=1S/C18H18N4O5S2/c1-4-21(3)29(26,27)12-8-9-14-16(10-12)28-18(19-14)20-17(23)13-6-5-7-15(11(13)2)22(24)25/h5-10H,4H2,1-3H3,(H,19,20,23). The van der Waals surface area contributed by atoms with Crippen LogP contribution in [0, 0.1) is 17.0 Å². The lowest BCUT2D eigenvalue weighted by Crippen LogP contribution is -2.26. The van der Waals surface area contributed by atoms with Gasteiger partial charge in [-0.1, -0.05) is 24.3 Å². The van der Waals surface area contributed by atoms with Gasteiger partial charge in [-0.2, -0.15) is 0 Å². The molecule has 0 unspecified atom stereocenters. The summed E-state index contributed by atoms with van der Waals surface area (Å²) in [6, 6.07) is 8.84. The number of aromatic nitrogens is 1. The van der Waals surface area contributed by atoms with E-state index >= 15 is 0 Å². The molecule has 0 fully saturated rings. The van der Waals surface area contributed by atoms with E-state index in [0.29, 0.717) is 16.8 Å². The number of amides is 1. The van der Waals surface area contributed by atoms with E-state index in [1.807, 2.05) is 0 Å². The van der Waals surface area contributed by atoms with Crippen molar-refractivity contribution in [2.45, 2.75) is 18.7 Å². The van der Waals surface area contributed by atoms with Gasteiger partial charge < -0.3 is 0 Å². The molecule has 0 aliphatic carbocycles. The second-order valence-electron chi connectivity index (χ2n) is 6.23. The van der Waals surface area contributed by atoms with E-state index in [4.69, 9.17) is 0 Å². The molecule has 152 valence electrons. The van der Waals surface area contributed by atoms with Crippen molar-refractivity contribution in [2.75, 3.05) is 18.9 Å². The number of anilines is 1. The first-order valence-electron chi connectivity index (χ1n) is 8.57. The molecule has 0 saturated carbocycles. The van der Waals surface area contributed by atoms with Crippen molar-refractivity contribution in [3.8, 4) is 0 Å². The molecule has 2 aromatic carbocycles. The van der Waals surface area contributed by atoms with E-state index in [0.717, 1.165) is 11.3 Å².